The van der Waals surface area contributed by atoms with E-state index in [-0.39, 0.29) is 16.7 Å². The van der Waals surface area contributed by atoms with Gasteiger partial charge in [0.05, 0.1) is 0 Å². The Hall–Kier alpha value is -1.06. The number of aliphatic carboxylic acids is 1. The van der Waals surface area contributed by atoms with Gasteiger partial charge in [0.25, 0.3) is 0 Å². The average Bonchev–Trinajstić information content (AvgIpc) is 2.68. The van der Waals surface area contributed by atoms with Crippen LogP contribution in [0.3, 0.4) is 0 Å². The molecule has 4 bridgehead atoms. The van der Waals surface area contributed by atoms with E-state index >= 15 is 0 Å². The van der Waals surface area contributed by atoms with Crippen molar-refractivity contribution < 1.29 is 14.7 Å². The largest absolute Gasteiger partial charge is 0.479 e. The van der Waals surface area contributed by atoms with Gasteiger partial charge in [0.1, 0.15) is 5.54 Å². The number of nitrogens with zero attached hydrogens (tertiary/aromatic N) is 1. The summed E-state index contributed by atoms with van der Waals surface area (Å²) in [6, 6.07) is 0. The lowest BCUT2D eigenvalue weighted by molar-refractivity contribution is -0.163. The number of carboxylic acids is 1. The Kier molecular flexibility index (Phi) is 1.74. The van der Waals surface area contributed by atoms with Gasteiger partial charge < -0.3 is 10.0 Å². The molecule has 4 atom stereocenters. The van der Waals surface area contributed by atoms with Gasteiger partial charge in [-0.3, -0.25) is 4.79 Å². The van der Waals surface area contributed by atoms with E-state index < -0.39 is 11.5 Å². The molecule has 3 aliphatic rings. The Morgan fingerprint density at radius 1 is 1.35 bits per heavy atom. The molecule has 1 N–H and O–H groups in total. The van der Waals surface area contributed by atoms with Crippen LogP contribution in [-0.4, -0.2) is 34.0 Å². The molecular weight excluding hydrogens is 218 g/mol. The predicted molar refractivity (Wildman–Crippen MR) is 61.3 cm³/mol. The summed E-state index contributed by atoms with van der Waals surface area (Å²) in [7, 11) is 0. The molecule has 4 heteroatoms. The van der Waals surface area contributed by atoms with E-state index in [1.807, 2.05) is 0 Å². The van der Waals surface area contributed by atoms with E-state index in [9.17, 15) is 14.7 Å². The van der Waals surface area contributed by atoms with Crippen molar-refractivity contribution in [3.63, 3.8) is 0 Å². The molecular formula is C13H19NO3. The van der Waals surface area contributed by atoms with Crippen LogP contribution in [-0.2, 0) is 9.59 Å². The lowest BCUT2D eigenvalue weighted by Crippen LogP contribution is -2.60. The molecule has 3 rings (SSSR count). The first kappa shape index (κ1) is 11.1. The van der Waals surface area contributed by atoms with Gasteiger partial charge in [-0.05, 0) is 30.6 Å². The number of rotatable bonds is 1. The number of hydrogen-bond acceptors (Lipinski definition) is 2. The number of carboxylic acid groups (broad SMARTS) is 1. The van der Waals surface area contributed by atoms with Gasteiger partial charge >= 0.3 is 5.97 Å². The smallest absolute Gasteiger partial charge is 0.330 e. The average molecular weight is 237 g/mol. The fourth-order valence-electron chi connectivity index (χ4n) is 5.10. The van der Waals surface area contributed by atoms with Crippen LogP contribution in [0.15, 0.2) is 0 Å². The summed E-state index contributed by atoms with van der Waals surface area (Å²) in [4.78, 5) is 25.2. The van der Waals surface area contributed by atoms with Gasteiger partial charge in [0.15, 0.2) is 0 Å². The van der Waals surface area contributed by atoms with Crippen LogP contribution in [0.1, 0.15) is 40.0 Å². The maximum Gasteiger partial charge on any atom is 0.330 e. The molecule has 1 amide bonds. The van der Waals surface area contributed by atoms with E-state index in [1.54, 1.807) is 4.90 Å². The highest BCUT2D eigenvalue weighted by Crippen LogP contribution is 2.75. The summed E-state index contributed by atoms with van der Waals surface area (Å²) in [6.45, 7) is 6.37. The monoisotopic (exact) mass is 237 g/mol. The standard InChI is InChI=1S/C13H19NO3/c1-8(15)14-7-11(2)9-4-5-12(11,3)13(14,6-9)10(16)17/h9H,4-7H2,1-3H3,(H,16,17)/t9-,11-,12+,13+/m0/s1. The van der Waals surface area contributed by atoms with E-state index in [2.05, 4.69) is 13.8 Å². The van der Waals surface area contributed by atoms with Crippen molar-refractivity contribution in [3.05, 3.63) is 0 Å². The van der Waals surface area contributed by atoms with Gasteiger partial charge in [-0.25, -0.2) is 4.79 Å². The molecule has 1 saturated heterocycles. The second-order valence-electron chi connectivity index (χ2n) is 6.46. The highest BCUT2D eigenvalue weighted by Gasteiger charge is 2.80. The normalized spacial score (nSPS) is 51.0. The third-order valence-corrected chi connectivity index (χ3v) is 6.29. The fourth-order valence-corrected chi connectivity index (χ4v) is 5.10. The van der Waals surface area contributed by atoms with Gasteiger partial charge in [0, 0.05) is 18.9 Å². The summed E-state index contributed by atoms with van der Waals surface area (Å²) in [5.74, 6) is -0.428. The number of likely N-dealkylation sites (tertiary alicyclic amines) is 1. The molecule has 1 heterocycles. The number of hydrogen-bond donors (Lipinski definition) is 1. The minimum absolute atomic E-state index is 0.00292. The Labute approximate surface area is 101 Å². The van der Waals surface area contributed by atoms with Gasteiger partial charge in [-0.15, -0.1) is 0 Å². The third kappa shape index (κ3) is 0.829. The highest BCUT2D eigenvalue weighted by molar-refractivity contribution is 5.89. The number of carbonyl (C=O) groups excluding carboxylic acids is 1. The molecule has 0 aromatic rings. The van der Waals surface area contributed by atoms with Crippen molar-refractivity contribution in [1.82, 2.24) is 4.90 Å². The molecule has 3 fully saturated rings. The molecule has 0 unspecified atom stereocenters. The fraction of sp³-hybridized carbons (Fsp3) is 0.846. The summed E-state index contributed by atoms with van der Waals surface area (Å²) >= 11 is 0. The van der Waals surface area contributed by atoms with Crippen LogP contribution in [0.5, 0.6) is 0 Å². The van der Waals surface area contributed by atoms with Crippen molar-refractivity contribution in [2.24, 2.45) is 16.7 Å². The molecule has 0 radical (unpaired) electrons. The minimum Gasteiger partial charge on any atom is -0.479 e. The van der Waals surface area contributed by atoms with E-state index in [0.717, 1.165) is 12.8 Å². The van der Waals surface area contributed by atoms with Gasteiger partial charge in [-0.1, -0.05) is 13.8 Å². The first-order chi connectivity index (χ1) is 7.79. The van der Waals surface area contributed by atoms with E-state index in [0.29, 0.717) is 18.9 Å². The molecule has 1 aliphatic heterocycles. The molecule has 4 nitrogen and oxygen atoms in total. The Morgan fingerprint density at radius 2 is 2.00 bits per heavy atom. The second-order valence-corrected chi connectivity index (χ2v) is 6.46. The Morgan fingerprint density at radius 3 is 2.47 bits per heavy atom. The van der Waals surface area contributed by atoms with Crippen LogP contribution >= 0.6 is 0 Å². The first-order valence-corrected chi connectivity index (χ1v) is 6.31. The van der Waals surface area contributed by atoms with Crippen molar-refractivity contribution in [1.29, 1.82) is 0 Å². The van der Waals surface area contributed by atoms with Crippen molar-refractivity contribution >= 4 is 11.9 Å². The summed E-state index contributed by atoms with van der Waals surface area (Å²) in [6.07, 6.45) is 2.70. The molecule has 2 saturated carbocycles. The van der Waals surface area contributed by atoms with E-state index in [1.165, 1.54) is 6.92 Å². The summed E-state index contributed by atoms with van der Waals surface area (Å²) in [5.41, 5.74) is -1.18. The van der Waals surface area contributed by atoms with Crippen molar-refractivity contribution in [2.45, 2.75) is 45.6 Å². The molecule has 94 valence electrons. The van der Waals surface area contributed by atoms with Gasteiger partial charge in [-0.2, -0.15) is 0 Å². The number of amides is 1. The zero-order valence-corrected chi connectivity index (χ0v) is 10.6. The maximum absolute atomic E-state index is 11.8. The van der Waals surface area contributed by atoms with Crippen molar-refractivity contribution in [3.8, 4) is 0 Å². The van der Waals surface area contributed by atoms with Crippen LogP contribution in [0.4, 0.5) is 0 Å². The summed E-state index contributed by atoms with van der Waals surface area (Å²) in [5, 5.41) is 9.72. The Balaban J connectivity index is 2.21. The highest BCUT2D eigenvalue weighted by atomic mass is 16.4. The topological polar surface area (TPSA) is 57.6 Å². The molecule has 0 aromatic heterocycles. The lowest BCUT2D eigenvalue weighted by Gasteiger charge is -2.44. The zero-order valence-electron chi connectivity index (χ0n) is 10.6. The van der Waals surface area contributed by atoms with Crippen LogP contribution in [0, 0.1) is 16.7 Å². The number of carbonyl (C=O) groups is 2. The van der Waals surface area contributed by atoms with Crippen LogP contribution < -0.4 is 0 Å². The Bertz CT molecular complexity index is 434. The zero-order chi connectivity index (χ0) is 12.6. The number of piperidine rings is 1. The molecule has 0 aromatic carbocycles. The van der Waals surface area contributed by atoms with Crippen LogP contribution in [0.2, 0.25) is 0 Å². The molecule has 17 heavy (non-hydrogen) atoms. The quantitative estimate of drug-likeness (QED) is 0.752. The molecule has 2 aliphatic carbocycles. The van der Waals surface area contributed by atoms with Gasteiger partial charge in [0.2, 0.25) is 5.91 Å². The SMILES string of the molecule is CC(=O)N1C[C@@]2(C)[C@H]3CC[C@@]2(C)[C@]1(C(=O)O)C3. The van der Waals surface area contributed by atoms with Crippen molar-refractivity contribution in [2.75, 3.05) is 6.54 Å². The maximum atomic E-state index is 11.8. The molecule has 0 spiro atoms. The predicted octanol–water partition coefficient (Wildman–Crippen LogP) is 1.50. The third-order valence-electron chi connectivity index (χ3n) is 6.29. The van der Waals surface area contributed by atoms with Crippen LogP contribution in [0.25, 0.3) is 0 Å². The lowest BCUT2D eigenvalue weighted by atomic mass is 9.65. The van der Waals surface area contributed by atoms with E-state index in [4.69, 9.17) is 0 Å². The summed E-state index contributed by atoms with van der Waals surface area (Å²) < 4.78 is 0. The second kappa shape index (κ2) is 2.68. The minimum atomic E-state index is -0.934. The first-order valence-electron chi connectivity index (χ1n) is 6.31.